The van der Waals surface area contributed by atoms with Crippen molar-refractivity contribution in [2.45, 2.75) is 148 Å². The maximum atomic E-state index is 13.3. The number of hydrogen-bond acceptors (Lipinski definition) is 20. The average Bonchev–Trinajstić information content (AvgIpc) is 4.20. The number of aromatic hydroxyl groups is 2. The summed E-state index contributed by atoms with van der Waals surface area (Å²) in [6.07, 6.45) is 1.52. The first-order valence-electron chi connectivity index (χ1n) is 24.6. The van der Waals surface area contributed by atoms with Gasteiger partial charge in [0.05, 0.1) is 11.3 Å². The minimum atomic E-state index is -0.747. The zero-order valence-electron chi connectivity index (χ0n) is 47.1. The van der Waals surface area contributed by atoms with Gasteiger partial charge in [-0.3, -0.25) is 25.5 Å². The van der Waals surface area contributed by atoms with Crippen molar-refractivity contribution in [1.82, 2.24) is 47.6 Å². The number of amidine groups is 4. The maximum absolute atomic E-state index is 13.3. The smallest absolute Gasteiger partial charge is 0.267 e. The molecule has 4 aliphatic rings. The van der Waals surface area contributed by atoms with Gasteiger partial charge in [0.1, 0.15) is 47.1 Å². The van der Waals surface area contributed by atoms with Crippen LogP contribution >= 0.6 is 0 Å². The van der Waals surface area contributed by atoms with Crippen LogP contribution in [0.25, 0.3) is 0 Å². The Morgan fingerprint density at radius 2 is 1.03 bits per heavy atom. The van der Waals surface area contributed by atoms with Gasteiger partial charge >= 0.3 is 0 Å². The molecule has 0 atom stereocenters. The molecule has 0 fully saturated rings. The molecule has 0 saturated carbocycles. The molecule has 8 rings (SSSR count). The number of aryl methyl sites for hydroxylation is 2. The van der Waals surface area contributed by atoms with Gasteiger partial charge in [-0.15, -0.1) is 0 Å². The average molecular weight is 1050 g/mol. The van der Waals surface area contributed by atoms with E-state index in [4.69, 9.17) is 24.1 Å². The van der Waals surface area contributed by atoms with E-state index in [1.165, 1.54) is 6.33 Å². The molecule has 414 valence electrons. The highest BCUT2D eigenvalue weighted by Crippen LogP contribution is 2.28. The van der Waals surface area contributed by atoms with Crippen molar-refractivity contribution in [2.24, 2.45) is 43.6 Å². The van der Waals surface area contributed by atoms with E-state index in [9.17, 15) is 19.1 Å². The van der Waals surface area contributed by atoms with Crippen molar-refractivity contribution >= 4 is 23.3 Å². The van der Waals surface area contributed by atoms with E-state index in [0.717, 1.165) is 40.6 Å². The Morgan fingerprint density at radius 3 is 1.24 bits per heavy atom. The third-order valence-corrected chi connectivity index (χ3v) is 10.0. The van der Waals surface area contributed by atoms with E-state index in [0.29, 0.717) is 70.1 Å². The molecule has 2 aromatic carbocycles. The Hall–Kier alpha value is -7.78. The highest BCUT2D eigenvalue weighted by atomic mass is 19.1. The van der Waals surface area contributed by atoms with E-state index in [1.54, 1.807) is 32.9 Å². The number of nitrogens with zero attached hydrogens (tertiary/aromatic N) is 7. The fourth-order valence-corrected chi connectivity index (χ4v) is 5.43. The molecule has 4 aliphatic heterocycles. The van der Waals surface area contributed by atoms with Crippen molar-refractivity contribution in [3.05, 3.63) is 135 Å². The number of phenols is 1. The van der Waals surface area contributed by atoms with Gasteiger partial charge in [-0.2, -0.15) is 20.1 Å². The Bertz CT molecular complexity index is 2520. The lowest BCUT2D eigenvalue weighted by atomic mass is 9.98. The second-order valence-corrected chi connectivity index (χ2v) is 19.5. The second-order valence-electron chi connectivity index (χ2n) is 19.5. The summed E-state index contributed by atoms with van der Waals surface area (Å²) in [4.78, 5) is 55.4. The number of rotatable bonds is 8. The number of aromatic nitrogens is 4. The second kappa shape index (κ2) is 31.7. The summed E-state index contributed by atoms with van der Waals surface area (Å²) in [7, 11) is 0. The van der Waals surface area contributed by atoms with Crippen LogP contribution in [0.1, 0.15) is 168 Å². The predicted molar refractivity (Wildman–Crippen MR) is 294 cm³/mol. The first-order valence-corrected chi connectivity index (χ1v) is 24.6. The summed E-state index contributed by atoms with van der Waals surface area (Å²) < 4.78 is 18.1. The van der Waals surface area contributed by atoms with Crippen molar-refractivity contribution in [1.29, 1.82) is 0 Å². The van der Waals surface area contributed by atoms with E-state index in [1.807, 2.05) is 68.4 Å². The molecular formula is C53H82FN13O8. The van der Waals surface area contributed by atoms with Crippen molar-refractivity contribution < 1.29 is 33.6 Å². The molecule has 0 bridgehead atoms. The number of aromatic amines is 1. The van der Waals surface area contributed by atoms with Crippen LogP contribution in [0.15, 0.2) is 108 Å². The fourth-order valence-electron chi connectivity index (χ4n) is 5.43. The molecule has 6 heterocycles. The van der Waals surface area contributed by atoms with E-state index in [2.05, 4.69) is 135 Å². The molecule has 75 heavy (non-hydrogen) atoms. The van der Waals surface area contributed by atoms with Gasteiger partial charge < -0.3 is 29.2 Å². The first kappa shape index (κ1) is 65.2. The van der Waals surface area contributed by atoms with Gasteiger partial charge in [0.25, 0.3) is 5.43 Å². The van der Waals surface area contributed by atoms with Gasteiger partial charge in [0.15, 0.2) is 17.3 Å². The third kappa shape index (κ3) is 22.9. The molecule has 0 aliphatic carbocycles. The number of nitrogens with one attached hydrogen (secondary N) is 6. The Morgan fingerprint density at radius 1 is 0.560 bits per heavy atom. The number of hydrazine groups is 1. The Kier molecular flexibility index (Phi) is 27.6. The lowest BCUT2D eigenvalue weighted by molar-refractivity contribution is 0.176. The summed E-state index contributed by atoms with van der Waals surface area (Å²) in [5.74, 6) is 8.88. The largest absolute Gasteiger partial charge is 0.505 e. The van der Waals surface area contributed by atoms with Crippen LogP contribution in [0.5, 0.6) is 11.5 Å². The third-order valence-electron chi connectivity index (χ3n) is 10.0. The van der Waals surface area contributed by atoms with E-state index >= 15 is 0 Å². The van der Waals surface area contributed by atoms with E-state index < -0.39 is 16.7 Å². The molecule has 0 radical (unpaired) electrons. The summed E-state index contributed by atoms with van der Waals surface area (Å²) >= 11 is 0. The van der Waals surface area contributed by atoms with Crippen LogP contribution in [-0.4, -0.2) is 53.9 Å². The quantitative estimate of drug-likeness (QED) is 0.0762. The minimum absolute atomic E-state index is 0.0507. The molecule has 22 heteroatoms. The number of aliphatic imine (C=N–C) groups is 4. The van der Waals surface area contributed by atoms with Gasteiger partial charge in [-0.05, 0) is 62.5 Å². The van der Waals surface area contributed by atoms with Crippen LogP contribution in [0.2, 0.25) is 0 Å². The number of H-pyrrole nitrogens is 1. The maximum Gasteiger partial charge on any atom is 0.267 e. The Labute approximate surface area is 441 Å². The topological polar surface area (TPSA) is 279 Å². The van der Waals surface area contributed by atoms with Crippen LogP contribution in [-0.2, 0) is 14.5 Å². The minimum Gasteiger partial charge on any atom is -0.505 e. The zero-order chi connectivity index (χ0) is 57.4. The normalized spacial score (nSPS) is 13.9. The molecule has 2 aromatic heterocycles. The number of halogens is 1. The Balaban J connectivity index is 0.000000430. The van der Waals surface area contributed by atoms with E-state index in [-0.39, 0.29) is 28.9 Å². The summed E-state index contributed by atoms with van der Waals surface area (Å²) in [6.45, 7) is 49.8. The monoisotopic (exact) mass is 1050 g/mol. The molecular weight excluding hydrogens is 966 g/mol. The lowest BCUT2D eigenvalue weighted by Gasteiger charge is -2.09. The zero-order valence-corrected chi connectivity index (χ0v) is 47.1. The predicted octanol–water partition coefficient (Wildman–Crippen LogP) is 9.87. The van der Waals surface area contributed by atoms with Crippen molar-refractivity contribution in [2.75, 3.05) is 0 Å². The first-order chi connectivity index (χ1) is 34.9. The molecule has 0 amide bonds. The lowest BCUT2D eigenvalue weighted by Crippen LogP contribution is -2.34. The number of hydroxylamine groups is 3. The van der Waals surface area contributed by atoms with Gasteiger partial charge in [0, 0.05) is 35.7 Å². The molecule has 0 saturated heterocycles. The summed E-state index contributed by atoms with van der Waals surface area (Å²) in [5, 5.41) is 28.4. The number of phenolic OH excluding ortho intramolecular Hbond substituents is 1. The van der Waals surface area contributed by atoms with Crippen molar-refractivity contribution in [3.63, 3.8) is 0 Å². The molecule has 8 N–H and O–H groups in total. The standard InChI is InChI=1S/C10H13FO.C7H11NO.C7H8O3.C6H11N3.3C6H10N2O.C5H9N3/c1-6(2)8-5-4-7(3)10(12)9(8)11;1-5(2)7-4-6(3)9-8-7;1-3(2)4-5(8)7(10)6(4)9;1-4(2)6-7-5(3)8-9-6;3*1-4(2)6-7-5(3)9-8-6;1-4(2)5-6-3-7-8-5/h4-6,12H,1-3H3;4-5H,1-3H3;3,8H,1-2H3;4,8H,3H2,1-2H3,(H,7,9);3*4H,3H2,1-2H3,(H,7,8);3-4H,1-2H3,(H,6,7,8). The molecule has 21 nitrogen and oxygen atoms in total. The highest BCUT2D eigenvalue weighted by Gasteiger charge is 2.22. The van der Waals surface area contributed by atoms with Gasteiger partial charge in [-0.25, -0.2) is 30.8 Å². The summed E-state index contributed by atoms with van der Waals surface area (Å²) in [5.41, 5.74) is 14.8. The van der Waals surface area contributed by atoms with Crippen LogP contribution in [0, 0.1) is 43.3 Å². The number of benzene rings is 1. The fraction of sp³-hybridized carbons (Fsp3) is 0.491. The number of hydrogen-bond donors (Lipinski definition) is 8. The highest BCUT2D eigenvalue weighted by molar-refractivity contribution is 5.86. The summed E-state index contributed by atoms with van der Waals surface area (Å²) in [6, 6.07) is 5.41. The van der Waals surface area contributed by atoms with Crippen LogP contribution < -0.4 is 38.1 Å². The van der Waals surface area contributed by atoms with Gasteiger partial charge in [0.2, 0.25) is 23.1 Å². The molecule has 0 spiro atoms. The van der Waals surface area contributed by atoms with Crippen LogP contribution in [0.4, 0.5) is 4.39 Å². The van der Waals surface area contributed by atoms with Crippen molar-refractivity contribution in [3.8, 4) is 11.5 Å². The van der Waals surface area contributed by atoms with Gasteiger partial charge in [-0.1, -0.05) is 135 Å². The molecule has 0 unspecified atom stereocenters. The van der Waals surface area contributed by atoms with Crippen LogP contribution in [0.3, 0.4) is 0 Å². The molecule has 4 aromatic rings. The SMILES string of the molecule is C=C1N=C(C(C)C)NN1.C=C1N=C(C(C)C)NO1.C=C1N=C(C(C)C)NO1.C=C1N=C(C(C)C)NO1.CC(C)c1c(O)c(=O)c1=O.CC(C)c1ncn[nH]1.Cc1cc(C(C)C)no1.Cc1ccc(C(C)C)c(F)c1O.